The minimum atomic E-state index is 0.123. The van der Waals surface area contributed by atoms with Gasteiger partial charge in [0, 0.05) is 53.2 Å². The molecule has 3 heterocycles. The van der Waals surface area contributed by atoms with Gasteiger partial charge in [-0.1, -0.05) is 114 Å². The summed E-state index contributed by atoms with van der Waals surface area (Å²) in [5.74, 6) is 1.12. The van der Waals surface area contributed by atoms with Crippen LogP contribution in [0.2, 0.25) is 0 Å². The molecule has 10 heteroatoms. The lowest BCUT2D eigenvalue weighted by molar-refractivity contribution is 1.08. The van der Waals surface area contributed by atoms with Crippen LogP contribution in [0, 0.1) is 0 Å². The van der Waals surface area contributed by atoms with Crippen molar-refractivity contribution in [3.05, 3.63) is 140 Å². The van der Waals surface area contributed by atoms with Gasteiger partial charge in [-0.2, -0.15) is 0 Å². The quantitative estimate of drug-likeness (QED) is 0.184. The summed E-state index contributed by atoms with van der Waals surface area (Å²) < 4.78 is 2.32. The minimum absolute atomic E-state index is 0.123. The predicted molar refractivity (Wildman–Crippen MR) is 245 cm³/mol. The van der Waals surface area contributed by atoms with Gasteiger partial charge in [0.25, 0.3) is 0 Å². The van der Waals surface area contributed by atoms with E-state index >= 15 is 0 Å². The summed E-state index contributed by atoms with van der Waals surface area (Å²) in [6.07, 6.45) is 0. The number of fused-ring (bicyclic) bond motifs is 6. The van der Waals surface area contributed by atoms with E-state index in [2.05, 4.69) is 132 Å². The van der Waals surface area contributed by atoms with E-state index in [-0.39, 0.29) is 33.1 Å². The average Bonchev–Trinajstić information content (AvgIpc) is 3.63. The number of aromatic nitrogens is 3. The van der Waals surface area contributed by atoms with Gasteiger partial charge in [0.15, 0.2) is 17.5 Å². The summed E-state index contributed by atoms with van der Waals surface area (Å²) in [4.78, 5) is 17.5. The molecule has 4 nitrogen and oxygen atoms in total. The third-order valence-corrected chi connectivity index (χ3v) is 12.2. The maximum Gasteiger partial charge on any atom is 0.164 e. The summed E-state index contributed by atoms with van der Waals surface area (Å²) in [6.45, 7) is 0. The number of rotatable bonds is 4. The van der Waals surface area contributed by atoms with Crippen molar-refractivity contribution in [2.75, 3.05) is 4.90 Å². The number of hydrogen-bond donors (Lipinski definition) is 0. The Balaban J connectivity index is 1.14. The molecule has 1 aliphatic heterocycles. The summed E-state index contributed by atoms with van der Waals surface area (Å²) in [6, 6.07) is 48.9. The number of benzene rings is 8. The van der Waals surface area contributed by atoms with Gasteiger partial charge in [-0.25, -0.2) is 15.0 Å². The van der Waals surface area contributed by atoms with E-state index in [0.717, 1.165) is 43.7 Å². The van der Waals surface area contributed by atoms with E-state index in [0.29, 0.717) is 17.2 Å². The highest BCUT2D eigenvalue weighted by Crippen LogP contribution is 2.52. The van der Waals surface area contributed by atoms with Gasteiger partial charge in [0.2, 0.25) is 0 Å². The normalized spacial score (nSPS) is 12.2. The van der Waals surface area contributed by atoms with Gasteiger partial charge < -0.3 is 4.90 Å². The first-order valence-electron chi connectivity index (χ1n) is 18.5. The molecule has 57 heavy (non-hydrogen) atoms. The molecule has 10 aromatic rings. The fraction of sp³-hybridized carbons (Fsp3) is 0. The Morgan fingerprint density at radius 2 is 0.982 bits per heavy atom. The second-order valence-electron chi connectivity index (χ2n) is 14.3. The lowest BCUT2D eigenvalue weighted by Gasteiger charge is -2.34. The third kappa shape index (κ3) is 5.17. The van der Waals surface area contributed by atoms with Gasteiger partial charge in [-0.15, -0.1) is 27.7 Å². The van der Waals surface area contributed by atoms with Crippen molar-refractivity contribution in [1.82, 2.24) is 15.0 Å². The second kappa shape index (κ2) is 12.8. The molecular weight excluding hydrogens is 707 g/mol. The molecule has 0 atom stereocenters. The van der Waals surface area contributed by atoms with Gasteiger partial charge in [0.05, 0.1) is 17.1 Å². The largest absolute Gasteiger partial charge is 0.309 e. The van der Waals surface area contributed by atoms with Crippen molar-refractivity contribution in [3.63, 3.8) is 0 Å². The Bertz CT molecular complexity index is 3310. The molecule has 1 aliphatic rings. The molecule has 0 N–H and O–H groups in total. The van der Waals surface area contributed by atoms with Crippen LogP contribution in [0.1, 0.15) is 0 Å². The molecule has 0 amide bonds. The molecule has 0 unspecified atom stereocenters. The maximum atomic E-state index is 6.62. The fourth-order valence-electron chi connectivity index (χ4n) is 8.31. The summed E-state index contributed by atoms with van der Waals surface area (Å²) in [7, 11) is 32.2. The van der Waals surface area contributed by atoms with Crippen LogP contribution in [-0.2, 0) is 0 Å². The standard InChI is InChI=1S/C47H23B5N4S/c48-40-39(41(49)43(51)44(52)42(40)50)47-54-45(53-46(55-47)27-20-21-30-29-12-2-4-17-36(29)57-37(30)23-27)26-19-18-24-8-6-15-34(32(24)22-26)56-33-14-3-1-11-28(33)31-13-5-9-25-10-7-16-35(56)38(25)31/h1-23H. The van der Waals surface area contributed by atoms with Gasteiger partial charge >= 0.3 is 0 Å². The molecule has 0 spiro atoms. The van der Waals surface area contributed by atoms with Crippen LogP contribution in [0.4, 0.5) is 17.1 Å². The Labute approximate surface area is 339 Å². The summed E-state index contributed by atoms with van der Waals surface area (Å²) in [5.41, 5.74) is 8.23. The predicted octanol–water partition coefficient (Wildman–Crippen LogP) is 6.97. The van der Waals surface area contributed by atoms with Gasteiger partial charge in [-0.3, -0.25) is 0 Å². The molecule has 8 aromatic carbocycles. The molecule has 0 aliphatic carbocycles. The van der Waals surface area contributed by atoms with Crippen LogP contribution in [0.25, 0.3) is 87.0 Å². The fourth-order valence-corrected chi connectivity index (χ4v) is 9.45. The highest BCUT2D eigenvalue weighted by molar-refractivity contribution is 7.25. The van der Waals surface area contributed by atoms with E-state index in [1.807, 2.05) is 12.1 Å². The van der Waals surface area contributed by atoms with Crippen molar-refractivity contribution in [3.8, 4) is 45.3 Å². The molecule has 0 saturated heterocycles. The monoisotopic (exact) mass is 730 g/mol. The maximum absolute atomic E-state index is 6.62. The number of para-hydroxylation sites is 1. The smallest absolute Gasteiger partial charge is 0.164 e. The second-order valence-corrected chi connectivity index (χ2v) is 15.4. The highest BCUT2D eigenvalue weighted by Gasteiger charge is 2.27. The number of thiophene rings is 1. The summed E-state index contributed by atoms with van der Waals surface area (Å²) in [5, 5.41) is 6.87. The first-order chi connectivity index (χ1) is 27.8. The van der Waals surface area contributed by atoms with E-state index < -0.39 is 0 Å². The van der Waals surface area contributed by atoms with Gasteiger partial charge in [-0.05, 0) is 52.7 Å². The molecule has 0 fully saturated rings. The van der Waals surface area contributed by atoms with Crippen molar-refractivity contribution < 1.29 is 0 Å². The van der Waals surface area contributed by atoms with Crippen LogP contribution in [0.5, 0.6) is 0 Å². The Kier molecular flexibility index (Phi) is 7.64. The topological polar surface area (TPSA) is 41.9 Å². The molecule has 2 aromatic heterocycles. The van der Waals surface area contributed by atoms with E-state index in [1.54, 1.807) is 11.3 Å². The van der Waals surface area contributed by atoms with Gasteiger partial charge in [0.1, 0.15) is 39.2 Å². The number of nitrogens with zero attached hydrogens (tertiary/aromatic N) is 4. The first kappa shape index (κ1) is 33.9. The minimum Gasteiger partial charge on any atom is -0.309 e. The Morgan fingerprint density at radius 1 is 0.404 bits per heavy atom. The lowest BCUT2D eigenvalue weighted by atomic mass is 9.60. The van der Waals surface area contributed by atoms with Crippen LogP contribution in [0.15, 0.2) is 140 Å². The van der Waals surface area contributed by atoms with Crippen LogP contribution in [0.3, 0.4) is 0 Å². The molecule has 0 saturated carbocycles. The Hall–Kier alpha value is -6.37. The molecule has 0 bridgehead atoms. The zero-order valence-electron chi connectivity index (χ0n) is 30.4. The molecule has 252 valence electrons. The molecule has 10 radical (unpaired) electrons. The van der Waals surface area contributed by atoms with Crippen LogP contribution >= 0.6 is 11.3 Å². The van der Waals surface area contributed by atoms with Crippen LogP contribution in [-0.4, -0.2) is 54.2 Å². The Morgan fingerprint density at radius 3 is 1.79 bits per heavy atom. The third-order valence-electron chi connectivity index (χ3n) is 11.1. The first-order valence-corrected chi connectivity index (χ1v) is 19.3. The zero-order valence-corrected chi connectivity index (χ0v) is 31.2. The number of anilines is 3. The highest BCUT2D eigenvalue weighted by atomic mass is 32.1. The van der Waals surface area contributed by atoms with Crippen molar-refractivity contribution in [1.29, 1.82) is 0 Å². The van der Waals surface area contributed by atoms with E-state index in [4.69, 9.17) is 54.2 Å². The van der Waals surface area contributed by atoms with Crippen molar-refractivity contribution in [2.45, 2.75) is 0 Å². The molecular formula is C47H23B5N4S. The van der Waals surface area contributed by atoms with Crippen LogP contribution < -0.4 is 32.2 Å². The van der Waals surface area contributed by atoms with E-state index in [1.165, 1.54) is 37.4 Å². The SMILES string of the molecule is [B]c1c([B])c([B])c(-c2nc(-c3ccc4c(c3)sc3ccccc34)nc(-c3ccc4cccc(N5c6ccccc6-c6cccc7cccc5c67)c4c3)n2)c([B])c1[B]. The van der Waals surface area contributed by atoms with Crippen molar-refractivity contribution >= 4 is 137 Å². The van der Waals surface area contributed by atoms with E-state index in [9.17, 15) is 0 Å². The molecule has 11 rings (SSSR count). The zero-order chi connectivity index (χ0) is 38.5. The average molecular weight is 730 g/mol. The number of hydrogen-bond acceptors (Lipinski definition) is 5. The van der Waals surface area contributed by atoms with Crippen molar-refractivity contribution in [2.24, 2.45) is 0 Å². The summed E-state index contributed by atoms with van der Waals surface area (Å²) >= 11 is 1.72. The lowest BCUT2D eigenvalue weighted by Crippen LogP contribution is -2.55.